The minimum Gasteiger partial charge on any atom is -0.481 e. The van der Waals surface area contributed by atoms with E-state index in [2.05, 4.69) is 11.4 Å². The standard InChI is InChI=1S/C18H25NO2/c1-2-17(21-16-11-7-4-8-12-16)18(20)19-14-13-15-9-5-3-6-10-15/h4,7-9,11-12,17H,2-3,5-6,10,13-14H2,1H3,(H,19,20)/t17-/m0/s1. The van der Waals surface area contributed by atoms with Gasteiger partial charge in [0.05, 0.1) is 0 Å². The predicted octanol–water partition coefficient (Wildman–Crippen LogP) is 3.85. The summed E-state index contributed by atoms with van der Waals surface area (Å²) in [5.41, 5.74) is 1.48. The Labute approximate surface area is 127 Å². The van der Waals surface area contributed by atoms with Crippen LogP contribution in [0.4, 0.5) is 0 Å². The molecule has 0 radical (unpaired) electrons. The third-order valence-corrected chi connectivity index (χ3v) is 3.82. The minimum atomic E-state index is -0.410. The van der Waals surface area contributed by atoms with E-state index in [1.54, 1.807) is 0 Å². The highest BCUT2D eigenvalue weighted by Gasteiger charge is 2.17. The number of para-hydroxylation sites is 1. The molecule has 1 aromatic carbocycles. The highest BCUT2D eigenvalue weighted by atomic mass is 16.5. The molecule has 114 valence electrons. The quantitative estimate of drug-likeness (QED) is 0.774. The van der Waals surface area contributed by atoms with Crippen molar-refractivity contribution < 1.29 is 9.53 Å². The van der Waals surface area contributed by atoms with Gasteiger partial charge >= 0.3 is 0 Å². The summed E-state index contributed by atoms with van der Waals surface area (Å²) in [7, 11) is 0. The first-order valence-electron chi connectivity index (χ1n) is 7.97. The molecule has 1 atom stereocenters. The fourth-order valence-electron chi connectivity index (χ4n) is 2.58. The van der Waals surface area contributed by atoms with E-state index in [4.69, 9.17) is 4.74 Å². The lowest BCUT2D eigenvalue weighted by molar-refractivity contribution is -0.128. The zero-order valence-electron chi connectivity index (χ0n) is 12.8. The van der Waals surface area contributed by atoms with Crippen molar-refractivity contribution in [1.29, 1.82) is 0 Å². The van der Waals surface area contributed by atoms with E-state index in [0.717, 1.165) is 12.2 Å². The Morgan fingerprint density at radius 3 is 2.76 bits per heavy atom. The van der Waals surface area contributed by atoms with Crippen molar-refractivity contribution in [2.45, 2.75) is 51.6 Å². The van der Waals surface area contributed by atoms with Crippen molar-refractivity contribution in [3.05, 3.63) is 42.0 Å². The van der Waals surface area contributed by atoms with Crippen molar-refractivity contribution in [3.63, 3.8) is 0 Å². The number of hydrogen-bond donors (Lipinski definition) is 1. The molecule has 0 fully saturated rings. The highest BCUT2D eigenvalue weighted by molar-refractivity contribution is 5.81. The molecule has 0 bridgehead atoms. The van der Waals surface area contributed by atoms with Crippen LogP contribution in [0.2, 0.25) is 0 Å². The van der Waals surface area contributed by atoms with Crippen LogP contribution in [0.25, 0.3) is 0 Å². The van der Waals surface area contributed by atoms with Gasteiger partial charge in [0.25, 0.3) is 5.91 Å². The summed E-state index contributed by atoms with van der Waals surface area (Å²) < 4.78 is 5.74. The van der Waals surface area contributed by atoms with Gasteiger partial charge in [-0.1, -0.05) is 36.8 Å². The normalized spacial score (nSPS) is 16.0. The minimum absolute atomic E-state index is 0.0160. The van der Waals surface area contributed by atoms with Gasteiger partial charge in [-0.05, 0) is 50.7 Å². The number of rotatable bonds is 7. The Morgan fingerprint density at radius 2 is 2.10 bits per heavy atom. The summed E-state index contributed by atoms with van der Waals surface area (Å²) >= 11 is 0. The van der Waals surface area contributed by atoms with Crippen LogP contribution in [0.5, 0.6) is 5.75 Å². The molecule has 1 aliphatic carbocycles. The van der Waals surface area contributed by atoms with Crippen LogP contribution in [-0.2, 0) is 4.79 Å². The van der Waals surface area contributed by atoms with Gasteiger partial charge in [-0.2, -0.15) is 0 Å². The van der Waals surface area contributed by atoms with Crippen molar-refractivity contribution >= 4 is 5.91 Å². The van der Waals surface area contributed by atoms with Gasteiger partial charge < -0.3 is 10.1 Å². The third kappa shape index (κ3) is 5.25. The Kier molecular flexibility index (Phi) is 6.32. The summed E-state index contributed by atoms with van der Waals surface area (Å²) in [6.45, 7) is 2.68. The molecular weight excluding hydrogens is 262 g/mol. The van der Waals surface area contributed by atoms with E-state index in [1.807, 2.05) is 37.3 Å². The first-order valence-corrected chi connectivity index (χ1v) is 7.97. The molecule has 3 heteroatoms. The summed E-state index contributed by atoms with van der Waals surface area (Å²) in [4.78, 5) is 12.2. The topological polar surface area (TPSA) is 38.3 Å². The van der Waals surface area contributed by atoms with Crippen LogP contribution in [0.1, 0.15) is 45.4 Å². The summed E-state index contributed by atoms with van der Waals surface area (Å²) in [5.74, 6) is 0.729. The van der Waals surface area contributed by atoms with Gasteiger partial charge in [0.1, 0.15) is 5.75 Å². The first kappa shape index (κ1) is 15.6. The van der Waals surface area contributed by atoms with Crippen molar-refractivity contribution in [2.75, 3.05) is 6.54 Å². The lowest BCUT2D eigenvalue weighted by Crippen LogP contribution is -2.38. The molecule has 1 N–H and O–H groups in total. The van der Waals surface area contributed by atoms with Crippen LogP contribution in [0.15, 0.2) is 42.0 Å². The van der Waals surface area contributed by atoms with Crippen LogP contribution >= 0.6 is 0 Å². The van der Waals surface area contributed by atoms with Crippen molar-refractivity contribution in [2.24, 2.45) is 0 Å². The lowest BCUT2D eigenvalue weighted by atomic mass is 9.97. The number of hydrogen-bond acceptors (Lipinski definition) is 2. The molecule has 0 spiro atoms. The number of allylic oxidation sites excluding steroid dienone is 1. The number of amides is 1. The zero-order chi connectivity index (χ0) is 14.9. The molecule has 0 heterocycles. The van der Waals surface area contributed by atoms with E-state index in [9.17, 15) is 4.79 Å². The second-order valence-electron chi connectivity index (χ2n) is 5.48. The van der Waals surface area contributed by atoms with Gasteiger partial charge in [0, 0.05) is 6.54 Å². The van der Waals surface area contributed by atoms with E-state index in [-0.39, 0.29) is 5.91 Å². The number of carbonyl (C=O) groups is 1. The van der Waals surface area contributed by atoms with Gasteiger partial charge in [-0.25, -0.2) is 0 Å². The summed E-state index contributed by atoms with van der Waals surface area (Å²) in [6.07, 6.45) is 8.52. The average Bonchev–Trinajstić information content (AvgIpc) is 2.54. The zero-order valence-corrected chi connectivity index (χ0v) is 12.8. The predicted molar refractivity (Wildman–Crippen MR) is 85.3 cm³/mol. The molecular formula is C18H25NO2. The maximum Gasteiger partial charge on any atom is 0.261 e. The molecule has 0 saturated heterocycles. The van der Waals surface area contributed by atoms with Crippen molar-refractivity contribution in [1.82, 2.24) is 5.32 Å². The SMILES string of the molecule is CC[C@H](Oc1ccccc1)C(=O)NCCC1=CCCCC1. The van der Waals surface area contributed by atoms with Gasteiger partial charge in [-0.3, -0.25) is 4.79 Å². The molecule has 0 aliphatic heterocycles. The first-order chi connectivity index (χ1) is 10.3. The largest absolute Gasteiger partial charge is 0.481 e. The Hall–Kier alpha value is -1.77. The van der Waals surface area contributed by atoms with Gasteiger partial charge in [0.2, 0.25) is 0 Å². The van der Waals surface area contributed by atoms with Crippen LogP contribution in [-0.4, -0.2) is 18.6 Å². The summed E-state index contributed by atoms with van der Waals surface area (Å²) in [6, 6.07) is 9.52. The van der Waals surface area contributed by atoms with Gasteiger partial charge in [0.15, 0.2) is 6.10 Å². The Morgan fingerprint density at radius 1 is 1.29 bits per heavy atom. The van der Waals surface area contributed by atoms with Crippen molar-refractivity contribution in [3.8, 4) is 5.75 Å². The van der Waals surface area contributed by atoms with Crippen LogP contribution in [0, 0.1) is 0 Å². The molecule has 2 rings (SSSR count). The van der Waals surface area contributed by atoms with Crippen LogP contribution < -0.4 is 10.1 Å². The lowest BCUT2D eigenvalue weighted by Gasteiger charge is -2.18. The molecule has 0 aromatic heterocycles. The average molecular weight is 287 g/mol. The Bertz CT molecular complexity index is 467. The number of ether oxygens (including phenoxy) is 1. The number of carbonyl (C=O) groups excluding carboxylic acids is 1. The maximum absolute atomic E-state index is 12.2. The fourth-order valence-corrected chi connectivity index (χ4v) is 2.58. The Balaban J connectivity index is 1.76. The molecule has 1 aliphatic rings. The monoisotopic (exact) mass is 287 g/mol. The molecule has 21 heavy (non-hydrogen) atoms. The molecule has 1 amide bonds. The smallest absolute Gasteiger partial charge is 0.261 e. The second-order valence-corrected chi connectivity index (χ2v) is 5.48. The number of nitrogens with one attached hydrogen (secondary N) is 1. The van der Waals surface area contributed by atoms with E-state index in [1.165, 1.54) is 31.3 Å². The fraction of sp³-hybridized carbons (Fsp3) is 0.500. The van der Waals surface area contributed by atoms with E-state index in [0.29, 0.717) is 13.0 Å². The second kappa shape index (κ2) is 8.50. The summed E-state index contributed by atoms with van der Waals surface area (Å²) in [5, 5.41) is 3.00. The van der Waals surface area contributed by atoms with E-state index < -0.39 is 6.10 Å². The maximum atomic E-state index is 12.2. The van der Waals surface area contributed by atoms with Gasteiger partial charge in [-0.15, -0.1) is 0 Å². The molecule has 0 saturated carbocycles. The molecule has 0 unspecified atom stereocenters. The molecule has 1 aromatic rings. The highest BCUT2D eigenvalue weighted by Crippen LogP contribution is 2.19. The van der Waals surface area contributed by atoms with Crippen LogP contribution in [0.3, 0.4) is 0 Å². The third-order valence-electron chi connectivity index (χ3n) is 3.82. The molecule has 3 nitrogen and oxygen atoms in total. The number of benzene rings is 1. The van der Waals surface area contributed by atoms with E-state index >= 15 is 0 Å².